The highest BCUT2D eigenvalue weighted by Gasteiger charge is 2.33. The molecule has 0 radical (unpaired) electrons. The van der Waals surface area contributed by atoms with Crippen molar-refractivity contribution in [2.75, 3.05) is 26.2 Å². The van der Waals surface area contributed by atoms with E-state index in [2.05, 4.69) is 4.98 Å². The third-order valence-electron chi connectivity index (χ3n) is 4.62. The summed E-state index contributed by atoms with van der Waals surface area (Å²) in [4.78, 5) is 18.5. The van der Waals surface area contributed by atoms with Crippen LogP contribution in [0.4, 0.5) is 0 Å². The first-order chi connectivity index (χ1) is 12.5. The van der Waals surface area contributed by atoms with Crippen LogP contribution in [0.25, 0.3) is 0 Å². The van der Waals surface area contributed by atoms with E-state index in [4.69, 9.17) is 4.74 Å². The van der Waals surface area contributed by atoms with E-state index < -0.39 is 10.0 Å². The molecule has 3 heterocycles. The first-order valence-electron chi connectivity index (χ1n) is 8.50. The van der Waals surface area contributed by atoms with Gasteiger partial charge in [-0.3, -0.25) is 4.79 Å². The molecule has 1 amide bonds. The van der Waals surface area contributed by atoms with Crippen molar-refractivity contribution in [3.8, 4) is 5.19 Å². The highest BCUT2D eigenvalue weighted by molar-refractivity contribution is 7.89. The molecule has 0 saturated carbocycles. The summed E-state index contributed by atoms with van der Waals surface area (Å²) in [5.41, 5.74) is 0.484. The number of ether oxygens (including phenoxy) is 1. The molecule has 2 aliphatic rings. The zero-order chi connectivity index (χ0) is 18.1. The predicted octanol–water partition coefficient (Wildman–Crippen LogP) is 1.83. The Kier molecular flexibility index (Phi) is 4.68. The fraction of sp³-hybridized carbons (Fsp3) is 0.412. The summed E-state index contributed by atoms with van der Waals surface area (Å²) >= 11 is 1.42. The van der Waals surface area contributed by atoms with E-state index >= 15 is 0 Å². The maximum Gasteiger partial charge on any atom is 0.273 e. The highest BCUT2D eigenvalue weighted by atomic mass is 32.2. The molecular formula is C17H19N3O4S2. The number of hydrogen-bond donors (Lipinski definition) is 0. The number of benzene rings is 1. The Morgan fingerprint density at radius 3 is 2.46 bits per heavy atom. The van der Waals surface area contributed by atoms with Gasteiger partial charge in [0.05, 0.1) is 18.0 Å². The summed E-state index contributed by atoms with van der Waals surface area (Å²) < 4.78 is 32.2. The maximum absolute atomic E-state index is 12.5. The minimum absolute atomic E-state index is 0.0417. The third-order valence-corrected chi connectivity index (χ3v) is 7.19. The van der Waals surface area contributed by atoms with Gasteiger partial charge >= 0.3 is 0 Å². The molecule has 0 N–H and O–H groups in total. The largest absolute Gasteiger partial charge is 0.463 e. The van der Waals surface area contributed by atoms with Crippen molar-refractivity contribution < 1.29 is 17.9 Å². The van der Waals surface area contributed by atoms with Gasteiger partial charge < -0.3 is 9.64 Å². The topological polar surface area (TPSA) is 79.8 Å². The van der Waals surface area contributed by atoms with Crippen LogP contribution in [0.15, 0.2) is 40.7 Å². The van der Waals surface area contributed by atoms with Crippen LogP contribution in [0, 0.1) is 0 Å². The quantitative estimate of drug-likeness (QED) is 0.774. The lowest BCUT2D eigenvalue weighted by molar-refractivity contribution is 0.0177. The number of aromatic nitrogens is 1. The average molecular weight is 393 g/mol. The lowest BCUT2D eigenvalue weighted by Crippen LogP contribution is -2.56. The monoisotopic (exact) mass is 393 g/mol. The normalized spacial score (nSPS) is 18.7. The second kappa shape index (κ2) is 6.98. The standard InChI is InChI=1S/C17H19N3O4S2/c21-16(19-11-14(12-19)24-17-18-7-10-25-17)13-3-5-15(6-4-13)26(22,23)20-8-1-2-9-20/h3-7,10,14H,1-2,8-9,11-12H2. The van der Waals surface area contributed by atoms with Gasteiger partial charge in [-0.2, -0.15) is 4.31 Å². The second-order valence-electron chi connectivity index (χ2n) is 6.38. The lowest BCUT2D eigenvalue weighted by Gasteiger charge is -2.38. The van der Waals surface area contributed by atoms with Crippen LogP contribution < -0.4 is 4.74 Å². The third kappa shape index (κ3) is 3.34. The molecule has 26 heavy (non-hydrogen) atoms. The smallest absolute Gasteiger partial charge is 0.273 e. The first kappa shape index (κ1) is 17.4. The summed E-state index contributed by atoms with van der Waals surface area (Å²) in [6.45, 7) is 2.15. The first-order valence-corrected chi connectivity index (χ1v) is 10.8. The van der Waals surface area contributed by atoms with Crippen molar-refractivity contribution in [3.63, 3.8) is 0 Å². The van der Waals surface area contributed by atoms with Crippen LogP contribution in [-0.2, 0) is 10.0 Å². The zero-order valence-electron chi connectivity index (χ0n) is 14.1. The molecule has 0 aliphatic carbocycles. The van der Waals surface area contributed by atoms with Gasteiger partial charge in [0.2, 0.25) is 10.0 Å². The Labute approximate surface area is 156 Å². The van der Waals surface area contributed by atoms with Crippen LogP contribution >= 0.6 is 11.3 Å². The Bertz CT molecular complexity index is 869. The van der Waals surface area contributed by atoms with Crippen molar-refractivity contribution in [1.82, 2.24) is 14.2 Å². The molecule has 2 aromatic rings. The lowest BCUT2D eigenvalue weighted by atomic mass is 10.1. The zero-order valence-corrected chi connectivity index (χ0v) is 15.7. The van der Waals surface area contributed by atoms with Gasteiger partial charge in [0.1, 0.15) is 6.10 Å². The molecule has 0 unspecified atom stereocenters. The number of amides is 1. The molecule has 0 bridgehead atoms. The van der Waals surface area contributed by atoms with Gasteiger partial charge in [0.25, 0.3) is 11.1 Å². The van der Waals surface area contributed by atoms with E-state index in [1.54, 1.807) is 23.2 Å². The van der Waals surface area contributed by atoms with Crippen LogP contribution in [0.5, 0.6) is 5.19 Å². The second-order valence-corrected chi connectivity index (χ2v) is 9.18. The maximum atomic E-state index is 12.5. The van der Waals surface area contributed by atoms with E-state index in [-0.39, 0.29) is 16.9 Å². The molecule has 138 valence electrons. The minimum atomic E-state index is -3.45. The number of thiazole rings is 1. The van der Waals surface area contributed by atoms with Gasteiger partial charge in [-0.1, -0.05) is 11.3 Å². The van der Waals surface area contributed by atoms with E-state index in [9.17, 15) is 13.2 Å². The summed E-state index contributed by atoms with van der Waals surface area (Å²) in [5.74, 6) is -0.117. The summed E-state index contributed by atoms with van der Waals surface area (Å²) in [7, 11) is -3.45. The van der Waals surface area contributed by atoms with Crippen molar-refractivity contribution in [2.45, 2.75) is 23.8 Å². The summed E-state index contributed by atoms with van der Waals surface area (Å²) in [6, 6.07) is 6.20. The Morgan fingerprint density at radius 1 is 1.15 bits per heavy atom. The molecule has 2 fully saturated rings. The van der Waals surface area contributed by atoms with Crippen molar-refractivity contribution in [2.24, 2.45) is 0 Å². The molecule has 0 spiro atoms. The molecule has 1 aromatic heterocycles. The average Bonchev–Trinajstić information content (AvgIpc) is 3.31. The van der Waals surface area contributed by atoms with Gasteiger partial charge in [-0.15, -0.1) is 0 Å². The Balaban J connectivity index is 1.37. The minimum Gasteiger partial charge on any atom is -0.463 e. The van der Waals surface area contributed by atoms with Crippen LogP contribution in [0.1, 0.15) is 23.2 Å². The van der Waals surface area contributed by atoms with Crippen LogP contribution in [0.3, 0.4) is 0 Å². The number of carbonyl (C=O) groups excluding carboxylic acids is 1. The fourth-order valence-corrected chi connectivity index (χ4v) is 5.19. The Morgan fingerprint density at radius 2 is 1.85 bits per heavy atom. The number of nitrogens with zero attached hydrogens (tertiary/aromatic N) is 3. The molecule has 0 atom stereocenters. The van der Waals surface area contributed by atoms with Gasteiger partial charge in [-0.25, -0.2) is 13.4 Å². The number of likely N-dealkylation sites (tertiary alicyclic amines) is 1. The van der Waals surface area contributed by atoms with Gasteiger partial charge in [0.15, 0.2) is 0 Å². The summed E-state index contributed by atoms with van der Waals surface area (Å²) in [6.07, 6.45) is 3.43. The number of carbonyl (C=O) groups is 1. The number of hydrogen-bond acceptors (Lipinski definition) is 6. The predicted molar refractivity (Wildman–Crippen MR) is 96.9 cm³/mol. The van der Waals surface area contributed by atoms with Crippen molar-refractivity contribution in [1.29, 1.82) is 0 Å². The van der Waals surface area contributed by atoms with E-state index in [0.29, 0.717) is 36.9 Å². The molecule has 7 nitrogen and oxygen atoms in total. The van der Waals surface area contributed by atoms with E-state index in [1.807, 2.05) is 5.38 Å². The molecule has 2 aliphatic heterocycles. The van der Waals surface area contributed by atoms with Gasteiger partial charge in [0, 0.05) is 30.2 Å². The molecular weight excluding hydrogens is 374 g/mol. The van der Waals surface area contributed by atoms with Crippen LogP contribution in [0.2, 0.25) is 0 Å². The van der Waals surface area contributed by atoms with E-state index in [0.717, 1.165) is 12.8 Å². The van der Waals surface area contributed by atoms with Crippen molar-refractivity contribution in [3.05, 3.63) is 41.4 Å². The fourth-order valence-electron chi connectivity index (χ4n) is 3.12. The SMILES string of the molecule is O=C(c1ccc(S(=O)(=O)N2CCCC2)cc1)N1CC(Oc2nccs2)C1. The van der Waals surface area contributed by atoms with E-state index in [1.165, 1.54) is 27.8 Å². The molecule has 4 rings (SSSR count). The highest BCUT2D eigenvalue weighted by Crippen LogP contribution is 2.24. The molecule has 9 heteroatoms. The van der Waals surface area contributed by atoms with Crippen molar-refractivity contribution >= 4 is 27.3 Å². The van der Waals surface area contributed by atoms with Crippen LogP contribution in [-0.4, -0.2) is 60.8 Å². The molecule has 1 aromatic carbocycles. The summed E-state index contributed by atoms with van der Waals surface area (Å²) in [5, 5.41) is 2.45. The number of rotatable bonds is 5. The molecule has 2 saturated heterocycles. The van der Waals surface area contributed by atoms with Gasteiger partial charge in [-0.05, 0) is 37.1 Å². The number of sulfonamides is 1. The Hall–Kier alpha value is -1.97.